The van der Waals surface area contributed by atoms with Gasteiger partial charge in [0.25, 0.3) is 11.8 Å². The van der Waals surface area contributed by atoms with Crippen molar-refractivity contribution in [3.05, 3.63) is 53.9 Å². The van der Waals surface area contributed by atoms with Crippen molar-refractivity contribution in [2.24, 2.45) is 0 Å². The maximum Gasteiger partial charge on any atom is 0.253 e. The van der Waals surface area contributed by atoms with Gasteiger partial charge in [-0.1, -0.05) is 6.07 Å². The lowest BCUT2D eigenvalue weighted by molar-refractivity contribution is 0.0746. The first-order chi connectivity index (χ1) is 13.2. The van der Waals surface area contributed by atoms with Crippen LogP contribution in [0.3, 0.4) is 0 Å². The van der Waals surface area contributed by atoms with Crippen molar-refractivity contribution >= 4 is 17.8 Å². The molecule has 7 heteroatoms. The Kier molecular flexibility index (Phi) is 5.00. The molecular weight excluding hydrogens is 342 g/mol. The molecule has 0 atom stereocenters. The molecule has 0 aliphatic carbocycles. The predicted octanol–water partition coefficient (Wildman–Crippen LogP) is 1.67. The molecule has 4 rings (SSSR count). The lowest BCUT2D eigenvalue weighted by Gasteiger charge is -2.34. The highest BCUT2D eigenvalue weighted by molar-refractivity contribution is 5.99. The lowest BCUT2D eigenvalue weighted by Crippen LogP contribution is -2.49. The predicted molar refractivity (Wildman–Crippen MR) is 102 cm³/mol. The fourth-order valence-corrected chi connectivity index (χ4v) is 3.63. The average molecular weight is 365 g/mol. The molecule has 0 unspecified atom stereocenters. The Morgan fingerprint density at radius 3 is 1.89 bits per heavy atom. The molecule has 140 valence electrons. The summed E-state index contributed by atoms with van der Waals surface area (Å²) in [6.45, 7) is 4.23. The van der Waals surface area contributed by atoms with Crippen LogP contribution in [-0.2, 0) is 0 Å². The van der Waals surface area contributed by atoms with E-state index in [1.165, 1.54) is 0 Å². The van der Waals surface area contributed by atoms with Gasteiger partial charge in [0.2, 0.25) is 5.95 Å². The third-order valence-corrected chi connectivity index (χ3v) is 5.15. The minimum absolute atomic E-state index is 0.0215. The zero-order chi connectivity index (χ0) is 18.6. The SMILES string of the molecule is O=C(c1cccc(C(=O)N2CCN(c3ncccn3)CC2)c1)N1CCCC1. The first kappa shape index (κ1) is 17.5. The molecule has 2 aliphatic heterocycles. The van der Waals surface area contributed by atoms with E-state index in [-0.39, 0.29) is 11.8 Å². The van der Waals surface area contributed by atoms with Crippen molar-refractivity contribution in [1.29, 1.82) is 0 Å². The van der Waals surface area contributed by atoms with Crippen LogP contribution in [0, 0.1) is 0 Å². The van der Waals surface area contributed by atoms with Gasteiger partial charge in [-0.2, -0.15) is 0 Å². The summed E-state index contributed by atoms with van der Waals surface area (Å²) in [5.41, 5.74) is 1.17. The summed E-state index contributed by atoms with van der Waals surface area (Å²) >= 11 is 0. The monoisotopic (exact) mass is 365 g/mol. The van der Waals surface area contributed by atoms with E-state index in [0.717, 1.165) is 25.9 Å². The standard InChI is InChI=1S/C20H23N5O2/c26-18(23-9-1-2-10-23)16-5-3-6-17(15-16)19(27)24-11-13-25(14-12-24)20-21-7-4-8-22-20/h3-8,15H,1-2,9-14H2. The number of likely N-dealkylation sites (tertiary alicyclic amines) is 1. The number of benzene rings is 1. The van der Waals surface area contributed by atoms with E-state index in [0.29, 0.717) is 43.3 Å². The van der Waals surface area contributed by atoms with Crippen molar-refractivity contribution in [3.8, 4) is 0 Å². The largest absolute Gasteiger partial charge is 0.339 e. The molecule has 7 nitrogen and oxygen atoms in total. The van der Waals surface area contributed by atoms with Crippen LogP contribution in [0.25, 0.3) is 0 Å². The topological polar surface area (TPSA) is 69.6 Å². The second-order valence-electron chi connectivity index (χ2n) is 6.91. The number of aromatic nitrogens is 2. The summed E-state index contributed by atoms with van der Waals surface area (Å²) in [5, 5.41) is 0. The Bertz CT molecular complexity index is 812. The number of anilines is 1. The zero-order valence-corrected chi connectivity index (χ0v) is 15.3. The maximum atomic E-state index is 12.9. The van der Waals surface area contributed by atoms with Crippen molar-refractivity contribution in [3.63, 3.8) is 0 Å². The first-order valence-corrected chi connectivity index (χ1v) is 9.43. The number of nitrogens with zero attached hydrogens (tertiary/aromatic N) is 5. The highest BCUT2D eigenvalue weighted by Crippen LogP contribution is 2.17. The summed E-state index contributed by atoms with van der Waals surface area (Å²) in [6.07, 6.45) is 5.56. The van der Waals surface area contributed by atoms with Crippen LogP contribution in [0.15, 0.2) is 42.7 Å². The molecule has 1 aromatic carbocycles. The summed E-state index contributed by atoms with van der Waals surface area (Å²) in [6, 6.07) is 8.90. The van der Waals surface area contributed by atoms with Gasteiger partial charge >= 0.3 is 0 Å². The van der Waals surface area contributed by atoms with Crippen molar-refractivity contribution < 1.29 is 9.59 Å². The lowest BCUT2D eigenvalue weighted by atomic mass is 10.1. The van der Waals surface area contributed by atoms with E-state index in [4.69, 9.17) is 0 Å². The summed E-state index contributed by atoms with van der Waals surface area (Å²) in [4.78, 5) is 39.8. The summed E-state index contributed by atoms with van der Waals surface area (Å²) in [7, 11) is 0. The Morgan fingerprint density at radius 2 is 1.30 bits per heavy atom. The van der Waals surface area contributed by atoms with Crippen LogP contribution < -0.4 is 4.90 Å². The second kappa shape index (κ2) is 7.73. The molecule has 2 aliphatic rings. The molecule has 0 radical (unpaired) electrons. The van der Waals surface area contributed by atoms with Crippen LogP contribution in [0.4, 0.5) is 5.95 Å². The van der Waals surface area contributed by atoms with E-state index in [1.54, 1.807) is 42.7 Å². The Balaban J connectivity index is 1.41. The molecule has 1 aromatic heterocycles. The molecule has 2 fully saturated rings. The smallest absolute Gasteiger partial charge is 0.253 e. The van der Waals surface area contributed by atoms with E-state index in [2.05, 4.69) is 14.9 Å². The molecule has 2 amide bonds. The highest BCUT2D eigenvalue weighted by Gasteiger charge is 2.25. The van der Waals surface area contributed by atoms with Gasteiger partial charge in [0.15, 0.2) is 0 Å². The van der Waals surface area contributed by atoms with Crippen LogP contribution in [0.5, 0.6) is 0 Å². The van der Waals surface area contributed by atoms with E-state index < -0.39 is 0 Å². The normalized spacial score (nSPS) is 17.3. The number of carbonyl (C=O) groups excluding carboxylic acids is 2. The Labute approximate surface area is 158 Å². The second-order valence-corrected chi connectivity index (χ2v) is 6.91. The molecule has 2 saturated heterocycles. The molecule has 27 heavy (non-hydrogen) atoms. The minimum Gasteiger partial charge on any atom is -0.339 e. The van der Waals surface area contributed by atoms with Gasteiger partial charge in [-0.25, -0.2) is 9.97 Å². The van der Waals surface area contributed by atoms with E-state index in [9.17, 15) is 9.59 Å². The minimum atomic E-state index is -0.0281. The summed E-state index contributed by atoms with van der Waals surface area (Å²) in [5.74, 6) is 0.690. The van der Waals surface area contributed by atoms with Gasteiger partial charge in [0, 0.05) is 62.8 Å². The van der Waals surface area contributed by atoms with Gasteiger partial charge in [-0.15, -0.1) is 0 Å². The average Bonchev–Trinajstić information content (AvgIpc) is 3.28. The van der Waals surface area contributed by atoms with Gasteiger partial charge in [-0.3, -0.25) is 9.59 Å². The number of rotatable bonds is 3. The van der Waals surface area contributed by atoms with Gasteiger partial charge < -0.3 is 14.7 Å². The highest BCUT2D eigenvalue weighted by atomic mass is 16.2. The number of piperazine rings is 1. The number of amides is 2. The van der Waals surface area contributed by atoms with E-state index >= 15 is 0 Å². The van der Waals surface area contributed by atoms with Crippen LogP contribution in [0.1, 0.15) is 33.6 Å². The van der Waals surface area contributed by atoms with Gasteiger partial charge in [0.1, 0.15) is 0 Å². The molecule has 0 N–H and O–H groups in total. The third kappa shape index (κ3) is 3.77. The maximum absolute atomic E-state index is 12.9. The van der Waals surface area contributed by atoms with Gasteiger partial charge in [0.05, 0.1) is 0 Å². The molecule has 2 aromatic rings. The quantitative estimate of drug-likeness (QED) is 0.828. The molecule has 3 heterocycles. The van der Waals surface area contributed by atoms with E-state index in [1.807, 2.05) is 9.80 Å². The van der Waals surface area contributed by atoms with Crippen LogP contribution in [-0.4, -0.2) is 70.9 Å². The fraction of sp³-hybridized carbons (Fsp3) is 0.400. The third-order valence-electron chi connectivity index (χ3n) is 5.15. The van der Waals surface area contributed by atoms with Gasteiger partial charge in [-0.05, 0) is 37.1 Å². The van der Waals surface area contributed by atoms with Crippen molar-refractivity contribution in [1.82, 2.24) is 19.8 Å². The Hall–Kier alpha value is -2.96. The van der Waals surface area contributed by atoms with Crippen molar-refractivity contribution in [2.75, 3.05) is 44.2 Å². The molecule has 0 saturated carbocycles. The molecule has 0 bridgehead atoms. The van der Waals surface area contributed by atoms with Crippen LogP contribution >= 0.6 is 0 Å². The van der Waals surface area contributed by atoms with Crippen molar-refractivity contribution in [2.45, 2.75) is 12.8 Å². The molecule has 0 spiro atoms. The number of carbonyl (C=O) groups is 2. The molecular formula is C20H23N5O2. The zero-order valence-electron chi connectivity index (χ0n) is 15.3. The number of hydrogen-bond donors (Lipinski definition) is 0. The summed E-state index contributed by atoms with van der Waals surface area (Å²) < 4.78 is 0. The Morgan fingerprint density at radius 1 is 0.741 bits per heavy atom. The first-order valence-electron chi connectivity index (χ1n) is 9.43. The van der Waals surface area contributed by atoms with Crippen LogP contribution in [0.2, 0.25) is 0 Å². The fourth-order valence-electron chi connectivity index (χ4n) is 3.63. The number of hydrogen-bond acceptors (Lipinski definition) is 5.